The highest BCUT2D eigenvalue weighted by atomic mass is 32.1. The maximum Gasteiger partial charge on any atom is 0.124 e. The van der Waals surface area contributed by atoms with Crippen LogP contribution in [0.4, 0.5) is 0 Å². The highest BCUT2D eigenvalue weighted by molar-refractivity contribution is 7.21. The van der Waals surface area contributed by atoms with Gasteiger partial charge in [0.1, 0.15) is 16.5 Å². The van der Waals surface area contributed by atoms with Gasteiger partial charge in [-0.1, -0.05) is 26.2 Å². The third kappa shape index (κ3) is 4.06. The Balaban J connectivity index is 1.66. The highest BCUT2D eigenvalue weighted by Gasteiger charge is 2.07. The van der Waals surface area contributed by atoms with Gasteiger partial charge in [0.25, 0.3) is 0 Å². The normalized spacial score (nSPS) is 10.9. The molecule has 2 aromatic carbocycles. The summed E-state index contributed by atoms with van der Waals surface area (Å²) >= 11 is 1.68. The van der Waals surface area contributed by atoms with Crippen molar-refractivity contribution in [2.24, 2.45) is 0 Å². The fraction of sp³-hybridized carbons (Fsp3) is 0.350. The summed E-state index contributed by atoms with van der Waals surface area (Å²) in [6.45, 7) is 3.01. The van der Waals surface area contributed by atoms with Crippen LogP contribution >= 0.6 is 11.3 Å². The van der Waals surface area contributed by atoms with Gasteiger partial charge < -0.3 is 9.47 Å². The lowest BCUT2D eigenvalue weighted by Crippen LogP contribution is -1.96. The van der Waals surface area contributed by atoms with E-state index in [2.05, 4.69) is 19.1 Å². The molecule has 1 heterocycles. The van der Waals surface area contributed by atoms with Crippen molar-refractivity contribution < 1.29 is 9.47 Å². The number of methoxy groups -OCH3 is 1. The molecule has 3 rings (SSSR count). The fourth-order valence-corrected chi connectivity index (χ4v) is 3.57. The maximum absolute atomic E-state index is 5.80. The zero-order chi connectivity index (χ0) is 16.8. The van der Waals surface area contributed by atoms with Crippen LogP contribution in [0.3, 0.4) is 0 Å². The number of benzene rings is 2. The molecule has 0 radical (unpaired) electrons. The number of nitrogens with zero attached hydrogens (tertiary/aromatic N) is 1. The molecule has 0 N–H and O–H groups in total. The Morgan fingerprint density at radius 3 is 2.50 bits per heavy atom. The van der Waals surface area contributed by atoms with E-state index in [-0.39, 0.29) is 0 Å². The van der Waals surface area contributed by atoms with Crippen LogP contribution in [0.1, 0.15) is 32.6 Å². The Bertz CT molecular complexity index is 780. The molecule has 0 unspecified atom stereocenters. The third-order valence-electron chi connectivity index (χ3n) is 3.96. The number of thiazole rings is 1. The Labute approximate surface area is 147 Å². The van der Waals surface area contributed by atoms with E-state index in [1.54, 1.807) is 18.4 Å². The Kier molecular flexibility index (Phi) is 5.70. The number of unbranched alkanes of at least 4 members (excludes halogenated alkanes) is 3. The molecular weight excluding hydrogens is 318 g/mol. The van der Waals surface area contributed by atoms with Gasteiger partial charge in [0.05, 0.1) is 23.9 Å². The summed E-state index contributed by atoms with van der Waals surface area (Å²) in [5.41, 5.74) is 2.13. The molecule has 0 bridgehead atoms. The molecule has 0 amide bonds. The molecule has 0 atom stereocenters. The van der Waals surface area contributed by atoms with Gasteiger partial charge in [0, 0.05) is 5.56 Å². The molecule has 1 aromatic heterocycles. The second-order valence-electron chi connectivity index (χ2n) is 5.79. The molecule has 0 spiro atoms. The number of hydrogen-bond donors (Lipinski definition) is 0. The summed E-state index contributed by atoms with van der Waals surface area (Å²) in [6, 6.07) is 14.2. The molecule has 126 valence electrons. The lowest BCUT2D eigenvalue weighted by molar-refractivity contribution is 0.305. The second kappa shape index (κ2) is 8.15. The average Bonchev–Trinajstić information content (AvgIpc) is 3.05. The molecule has 0 saturated heterocycles. The number of rotatable bonds is 8. The zero-order valence-corrected chi connectivity index (χ0v) is 15.1. The van der Waals surface area contributed by atoms with Crippen molar-refractivity contribution in [3.8, 4) is 22.1 Å². The van der Waals surface area contributed by atoms with E-state index >= 15 is 0 Å². The Morgan fingerprint density at radius 1 is 0.958 bits per heavy atom. The minimum Gasteiger partial charge on any atom is -0.497 e. The summed E-state index contributed by atoms with van der Waals surface area (Å²) in [5, 5.41) is 1.02. The van der Waals surface area contributed by atoms with E-state index in [9.17, 15) is 0 Å². The molecule has 3 nitrogen and oxygen atoms in total. The first kappa shape index (κ1) is 16.8. The first-order valence-corrected chi connectivity index (χ1v) is 9.29. The average molecular weight is 341 g/mol. The zero-order valence-electron chi connectivity index (χ0n) is 14.2. The van der Waals surface area contributed by atoms with E-state index in [4.69, 9.17) is 14.5 Å². The van der Waals surface area contributed by atoms with Crippen LogP contribution in [0, 0.1) is 0 Å². The van der Waals surface area contributed by atoms with Gasteiger partial charge in [-0.3, -0.25) is 0 Å². The second-order valence-corrected chi connectivity index (χ2v) is 6.82. The van der Waals surface area contributed by atoms with Gasteiger partial charge in [0.15, 0.2) is 0 Å². The van der Waals surface area contributed by atoms with E-state index in [1.165, 1.54) is 19.3 Å². The summed E-state index contributed by atoms with van der Waals surface area (Å²) in [7, 11) is 1.68. The van der Waals surface area contributed by atoms with Crippen LogP contribution in [-0.4, -0.2) is 18.7 Å². The standard InChI is InChI=1S/C20H23NO2S/c1-3-4-5-6-13-23-16-9-7-15(8-10-16)20-21-18-12-11-17(22-2)14-19(18)24-20/h7-12,14H,3-6,13H2,1-2H3. The molecule has 3 aromatic rings. The van der Waals surface area contributed by atoms with Crippen LogP contribution in [0.5, 0.6) is 11.5 Å². The lowest BCUT2D eigenvalue weighted by atomic mass is 10.2. The van der Waals surface area contributed by atoms with Gasteiger partial charge in [-0.25, -0.2) is 4.98 Å². The van der Waals surface area contributed by atoms with Crippen molar-refractivity contribution in [3.63, 3.8) is 0 Å². The maximum atomic E-state index is 5.80. The molecule has 0 saturated carbocycles. The Morgan fingerprint density at radius 2 is 1.75 bits per heavy atom. The molecule has 0 fully saturated rings. The van der Waals surface area contributed by atoms with Gasteiger partial charge in [-0.05, 0) is 48.9 Å². The predicted molar refractivity (Wildman–Crippen MR) is 101 cm³/mol. The Hall–Kier alpha value is -2.07. The number of ether oxygens (including phenoxy) is 2. The van der Waals surface area contributed by atoms with Crippen LogP contribution in [0.2, 0.25) is 0 Å². The van der Waals surface area contributed by atoms with Crippen molar-refractivity contribution >= 4 is 21.6 Å². The quantitative estimate of drug-likeness (QED) is 0.476. The number of fused-ring (bicyclic) bond motifs is 1. The smallest absolute Gasteiger partial charge is 0.124 e. The van der Waals surface area contributed by atoms with Crippen LogP contribution in [-0.2, 0) is 0 Å². The molecule has 0 aliphatic rings. The first-order valence-electron chi connectivity index (χ1n) is 8.48. The lowest BCUT2D eigenvalue weighted by Gasteiger charge is -2.06. The van der Waals surface area contributed by atoms with Crippen molar-refractivity contribution in [1.82, 2.24) is 4.98 Å². The van der Waals surface area contributed by atoms with Gasteiger partial charge in [-0.15, -0.1) is 11.3 Å². The highest BCUT2D eigenvalue weighted by Crippen LogP contribution is 2.32. The van der Waals surface area contributed by atoms with Gasteiger partial charge >= 0.3 is 0 Å². The molecule has 4 heteroatoms. The topological polar surface area (TPSA) is 31.4 Å². The summed E-state index contributed by atoms with van der Waals surface area (Å²) in [4.78, 5) is 4.71. The fourth-order valence-electron chi connectivity index (χ4n) is 2.57. The van der Waals surface area contributed by atoms with Crippen molar-refractivity contribution in [2.75, 3.05) is 13.7 Å². The first-order chi connectivity index (χ1) is 11.8. The minimum atomic E-state index is 0.792. The van der Waals surface area contributed by atoms with Crippen molar-refractivity contribution in [1.29, 1.82) is 0 Å². The van der Waals surface area contributed by atoms with Crippen LogP contribution in [0.25, 0.3) is 20.8 Å². The predicted octanol–water partition coefficient (Wildman–Crippen LogP) is 5.93. The van der Waals surface area contributed by atoms with E-state index in [0.717, 1.165) is 45.3 Å². The summed E-state index contributed by atoms with van der Waals surface area (Å²) in [5.74, 6) is 1.79. The van der Waals surface area contributed by atoms with E-state index in [1.807, 2.05) is 30.3 Å². The number of hydrogen-bond acceptors (Lipinski definition) is 4. The molecule has 0 aliphatic heterocycles. The van der Waals surface area contributed by atoms with Gasteiger partial charge in [-0.2, -0.15) is 0 Å². The molecule has 24 heavy (non-hydrogen) atoms. The van der Waals surface area contributed by atoms with Crippen molar-refractivity contribution in [2.45, 2.75) is 32.6 Å². The van der Waals surface area contributed by atoms with Gasteiger partial charge in [0.2, 0.25) is 0 Å². The SMILES string of the molecule is CCCCCCOc1ccc(-c2nc3ccc(OC)cc3s2)cc1. The summed E-state index contributed by atoms with van der Waals surface area (Å²) < 4.78 is 12.2. The molecule has 0 aliphatic carbocycles. The van der Waals surface area contributed by atoms with Crippen LogP contribution < -0.4 is 9.47 Å². The largest absolute Gasteiger partial charge is 0.497 e. The van der Waals surface area contributed by atoms with Crippen molar-refractivity contribution in [3.05, 3.63) is 42.5 Å². The monoisotopic (exact) mass is 341 g/mol. The van der Waals surface area contributed by atoms with E-state index < -0.39 is 0 Å². The molecular formula is C20H23NO2S. The number of aromatic nitrogens is 1. The minimum absolute atomic E-state index is 0.792. The summed E-state index contributed by atoms with van der Waals surface area (Å²) in [6.07, 6.45) is 4.90. The van der Waals surface area contributed by atoms with E-state index in [0.29, 0.717) is 0 Å². The van der Waals surface area contributed by atoms with Crippen LogP contribution in [0.15, 0.2) is 42.5 Å². The third-order valence-corrected chi connectivity index (χ3v) is 5.03.